The van der Waals surface area contributed by atoms with Gasteiger partial charge in [0.25, 0.3) is 0 Å². The van der Waals surface area contributed by atoms with E-state index in [0.717, 1.165) is 9.99 Å². The van der Waals surface area contributed by atoms with Crippen LogP contribution >= 0.6 is 23.5 Å². The molecule has 0 aromatic heterocycles. The Morgan fingerprint density at radius 1 is 1.68 bits per heavy atom. The van der Waals surface area contributed by atoms with Crippen molar-refractivity contribution in [2.24, 2.45) is 5.92 Å². The molecule has 0 unspecified atom stereocenters. The van der Waals surface area contributed by atoms with Crippen LogP contribution in [0.25, 0.3) is 0 Å². The normalized spacial score (nSPS) is 25.2. The van der Waals surface area contributed by atoms with Gasteiger partial charge in [0.15, 0.2) is 5.70 Å². The number of β-lactam (4-membered cyclic amide) rings is 1. The molecule has 2 heterocycles. The molecule has 2 rings (SSSR count). The number of hydrogen-bond donors (Lipinski definition) is 1. The number of carbonyl (C=O) groups excluding carboxylic acids is 2. The van der Waals surface area contributed by atoms with E-state index in [1.165, 1.54) is 34.5 Å². The Morgan fingerprint density at radius 3 is 3.00 bits per heavy atom. The van der Waals surface area contributed by atoms with E-state index >= 15 is 0 Å². The van der Waals surface area contributed by atoms with E-state index in [-0.39, 0.29) is 24.5 Å². The molecular weight excluding hydrogens is 286 g/mol. The van der Waals surface area contributed by atoms with Crippen molar-refractivity contribution < 1.29 is 19.4 Å². The molecule has 0 saturated carbocycles. The first-order valence-corrected chi connectivity index (χ1v) is 7.77. The number of aliphatic hydroxyl groups excluding tert-OH is 1. The summed E-state index contributed by atoms with van der Waals surface area (Å²) < 4.78 is 5.82. The van der Waals surface area contributed by atoms with Crippen molar-refractivity contribution >= 4 is 35.4 Å². The van der Waals surface area contributed by atoms with Crippen molar-refractivity contribution in [3.8, 4) is 0 Å². The Morgan fingerprint density at radius 2 is 2.42 bits per heavy atom. The number of esters is 1. The van der Waals surface area contributed by atoms with Crippen LogP contribution < -0.4 is 0 Å². The first-order valence-electron chi connectivity index (χ1n) is 5.91. The minimum atomic E-state index is -0.504. The molecule has 5 nitrogen and oxygen atoms in total. The molecule has 104 valence electrons. The highest BCUT2D eigenvalue weighted by Crippen LogP contribution is 2.52. The van der Waals surface area contributed by atoms with Gasteiger partial charge < -0.3 is 9.84 Å². The van der Waals surface area contributed by atoms with Gasteiger partial charge in [0.1, 0.15) is 12.0 Å². The Balaban J connectivity index is 2.20. The van der Waals surface area contributed by atoms with E-state index in [2.05, 4.69) is 6.58 Å². The molecule has 2 atom stereocenters. The first-order chi connectivity index (χ1) is 9.15. The van der Waals surface area contributed by atoms with Crippen LogP contribution in [0.3, 0.4) is 0 Å². The van der Waals surface area contributed by atoms with Gasteiger partial charge in [-0.05, 0) is 5.75 Å². The third kappa shape index (κ3) is 2.42. The molecule has 1 N–H and O–H groups in total. The number of hydrogen-bond acceptors (Lipinski definition) is 6. The molecule has 1 fully saturated rings. The Labute approximate surface area is 120 Å². The summed E-state index contributed by atoms with van der Waals surface area (Å²) in [7, 11) is 0. The fourth-order valence-electron chi connectivity index (χ4n) is 1.95. The van der Waals surface area contributed by atoms with Crippen LogP contribution in [0.2, 0.25) is 0 Å². The fourth-order valence-corrected chi connectivity index (χ4v) is 4.64. The predicted octanol–water partition coefficient (Wildman–Crippen LogP) is 1.16. The van der Waals surface area contributed by atoms with Crippen molar-refractivity contribution in [2.45, 2.75) is 12.3 Å². The van der Waals surface area contributed by atoms with Gasteiger partial charge in [0.2, 0.25) is 5.91 Å². The number of fused-ring (bicyclic) bond motifs is 1. The van der Waals surface area contributed by atoms with Gasteiger partial charge in [-0.15, -0.1) is 11.8 Å². The van der Waals surface area contributed by atoms with E-state index in [4.69, 9.17) is 4.74 Å². The van der Waals surface area contributed by atoms with Gasteiger partial charge in [0, 0.05) is 0 Å². The molecule has 0 radical (unpaired) electrons. The molecule has 0 spiro atoms. The van der Waals surface area contributed by atoms with Crippen molar-refractivity contribution in [3.05, 3.63) is 22.6 Å². The topological polar surface area (TPSA) is 66.8 Å². The zero-order chi connectivity index (χ0) is 14.0. The third-order valence-electron chi connectivity index (χ3n) is 2.81. The maximum atomic E-state index is 12.0. The zero-order valence-electron chi connectivity index (χ0n) is 10.5. The molecule has 0 aliphatic carbocycles. The average molecular weight is 301 g/mol. The van der Waals surface area contributed by atoms with Crippen molar-refractivity contribution in [2.75, 3.05) is 19.0 Å². The second-order valence-corrected chi connectivity index (χ2v) is 6.62. The number of aliphatic hydroxyl groups is 1. The smallest absolute Gasteiger partial charge is 0.357 e. The Hall–Kier alpha value is -0.920. The van der Waals surface area contributed by atoms with Gasteiger partial charge in [-0.1, -0.05) is 31.3 Å². The number of rotatable bonds is 6. The van der Waals surface area contributed by atoms with E-state index < -0.39 is 11.9 Å². The summed E-state index contributed by atoms with van der Waals surface area (Å²) in [6.07, 6.45) is 1.49. The second kappa shape index (κ2) is 6.02. The minimum absolute atomic E-state index is 0.118. The lowest BCUT2D eigenvalue weighted by atomic mass is 9.99. The number of thioether (sulfide) groups is 2. The molecule has 1 saturated heterocycles. The highest BCUT2D eigenvalue weighted by Gasteiger charge is 2.56. The monoisotopic (exact) mass is 301 g/mol. The average Bonchev–Trinajstić information content (AvgIpc) is 2.72. The lowest BCUT2D eigenvalue weighted by Crippen LogP contribution is -2.58. The lowest BCUT2D eigenvalue weighted by Gasteiger charge is -2.41. The lowest BCUT2D eigenvalue weighted by molar-refractivity contribution is -0.154. The Kier molecular flexibility index (Phi) is 4.59. The van der Waals surface area contributed by atoms with Crippen LogP contribution in [-0.2, 0) is 14.3 Å². The summed E-state index contributed by atoms with van der Waals surface area (Å²) in [5.74, 6) is -0.325. The molecule has 0 bridgehead atoms. The largest absolute Gasteiger partial charge is 0.457 e. The summed E-state index contributed by atoms with van der Waals surface area (Å²) >= 11 is 2.96. The first kappa shape index (κ1) is 14.5. The van der Waals surface area contributed by atoms with Crippen LogP contribution in [0.15, 0.2) is 22.6 Å². The molecule has 7 heteroatoms. The molecule has 1 amide bonds. The number of amides is 1. The van der Waals surface area contributed by atoms with Gasteiger partial charge in [-0.3, -0.25) is 9.69 Å². The van der Waals surface area contributed by atoms with E-state index in [1.807, 2.05) is 6.92 Å². The van der Waals surface area contributed by atoms with Crippen molar-refractivity contribution in [1.29, 1.82) is 0 Å². The summed E-state index contributed by atoms with van der Waals surface area (Å²) in [6, 6.07) is 0. The van der Waals surface area contributed by atoms with Gasteiger partial charge in [-0.25, -0.2) is 4.79 Å². The van der Waals surface area contributed by atoms with E-state index in [9.17, 15) is 14.7 Å². The van der Waals surface area contributed by atoms with Crippen LogP contribution in [-0.4, -0.2) is 46.2 Å². The predicted molar refractivity (Wildman–Crippen MR) is 75.1 cm³/mol. The highest BCUT2D eigenvalue weighted by atomic mass is 32.2. The number of ether oxygens (including phenoxy) is 1. The summed E-state index contributed by atoms with van der Waals surface area (Å²) in [5, 5.41) is 9.00. The SMILES string of the molecule is C=CCOC(=O)C1=C(SCC)S[C@@H]2[C@@H](CO)C(=O)N12. The molecule has 2 aliphatic rings. The van der Waals surface area contributed by atoms with Crippen LogP contribution in [0, 0.1) is 5.92 Å². The van der Waals surface area contributed by atoms with Gasteiger partial charge in [-0.2, -0.15) is 0 Å². The summed E-state index contributed by atoms with van der Waals surface area (Å²) in [4.78, 5) is 25.3. The van der Waals surface area contributed by atoms with E-state index in [0.29, 0.717) is 5.70 Å². The molecule has 19 heavy (non-hydrogen) atoms. The maximum absolute atomic E-state index is 12.0. The Bertz CT molecular complexity index is 449. The molecular formula is C12H15NO4S2. The second-order valence-electron chi connectivity index (χ2n) is 3.96. The molecule has 2 aliphatic heterocycles. The van der Waals surface area contributed by atoms with Gasteiger partial charge in [0.05, 0.1) is 16.8 Å². The standard InChI is InChI=1S/C12H15NO4S2/c1-3-5-17-11(16)8-12(18-4-2)19-10-7(6-14)9(15)13(8)10/h3,7,10,14H,1,4-6H2,2H3/t7-,10+/m0/s1. The zero-order valence-corrected chi connectivity index (χ0v) is 12.1. The summed E-state index contributed by atoms with van der Waals surface area (Å²) in [6.45, 7) is 5.39. The molecule has 0 aromatic carbocycles. The number of nitrogens with zero attached hydrogens (tertiary/aromatic N) is 1. The molecule has 0 aromatic rings. The maximum Gasteiger partial charge on any atom is 0.357 e. The van der Waals surface area contributed by atoms with E-state index in [1.54, 1.807) is 0 Å². The van der Waals surface area contributed by atoms with Crippen LogP contribution in [0.1, 0.15) is 6.92 Å². The third-order valence-corrected chi connectivity index (χ3v) is 5.39. The summed E-state index contributed by atoms with van der Waals surface area (Å²) in [5.41, 5.74) is 0.318. The fraction of sp³-hybridized carbons (Fsp3) is 0.500. The number of carbonyl (C=O) groups is 2. The van der Waals surface area contributed by atoms with Crippen LogP contribution in [0.4, 0.5) is 0 Å². The minimum Gasteiger partial charge on any atom is -0.457 e. The highest BCUT2D eigenvalue weighted by molar-refractivity contribution is 8.22. The van der Waals surface area contributed by atoms with Crippen molar-refractivity contribution in [1.82, 2.24) is 4.90 Å². The quantitative estimate of drug-likeness (QED) is 0.451. The van der Waals surface area contributed by atoms with Gasteiger partial charge >= 0.3 is 5.97 Å². The van der Waals surface area contributed by atoms with Crippen molar-refractivity contribution in [3.63, 3.8) is 0 Å². The van der Waals surface area contributed by atoms with Crippen LogP contribution in [0.5, 0.6) is 0 Å².